The van der Waals surface area contributed by atoms with Gasteiger partial charge in [0, 0.05) is 34.6 Å². The van der Waals surface area contributed by atoms with Crippen LogP contribution < -0.4 is 0 Å². The minimum Gasteiger partial charge on any atom is -0.343 e. The van der Waals surface area contributed by atoms with Crippen molar-refractivity contribution in [2.45, 2.75) is 25.7 Å². The largest absolute Gasteiger partial charge is 0.343 e. The molecule has 29 heavy (non-hydrogen) atoms. The summed E-state index contributed by atoms with van der Waals surface area (Å²) in [4.78, 5) is 6.21. The Morgan fingerprint density at radius 1 is 1.03 bits per heavy atom. The zero-order chi connectivity index (χ0) is 19.8. The van der Waals surface area contributed by atoms with Gasteiger partial charge in [-0.05, 0) is 42.9 Å². The molecule has 5 rings (SSSR count). The SMILES string of the molecule is Cn1c(-c2ccccc2)c(/C=N/c2sc3c(c2C#N)CCCC3)c2ccccc21. The van der Waals surface area contributed by atoms with Crippen LogP contribution in [-0.4, -0.2) is 10.8 Å². The number of rotatable bonds is 3. The summed E-state index contributed by atoms with van der Waals surface area (Å²) in [7, 11) is 2.10. The third kappa shape index (κ3) is 2.99. The summed E-state index contributed by atoms with van der Waals surface area (Å²) in [5, 5.41) is 11.8. The van der Waals surface area contributed by atoms with E-state index in [-0.39, 0.29) is 0 Å². The Morgan fingerprint density at radius 3 is 2.62 bits per heavy atom. The smallest absolute Gasteiger partial charge is 0.134 e. The van der Waals surface area contributed by atoms with Crippen molar-refractivity contribution in [3.8, 4) is 17.3 Å². The normalized spacial score (nSPS) is 13.7. The van der Waals surface area contributed by atoms with Crippen molar-refractivity contribution >= 4 is 33.5 Å². The van der Waals surface area contributed by atoms with Crippen molar-refractivity contribution in [3.63, 3.8) is 0 Å². The maximum atomic E-state index is 9.75. The number of thiophene rings is 1. The first kappa shape index (κ1) is 17.9. The lowest BCUT2D eigenvalue weighted by molar-refractivity contribution is 0.696. The minimum absolute atomic E-state index is 0.780. The molecule has 0 atom stereocenters. The van der Waals surface area contributed by atoms with Crippen LogP contribution >= 0.6 is 11.3 Å². The second-order valence-electron chi connectivity index (χ2n) is 7.47. The summed E-state index contributed by atoms with van der Waals surface area (Å²) in [6, 6.07) is 21.3. The van der Waals surface area contributed by atoms with E-state index in [1.54, 1.807) is 11.3 Å². The van der Waals surface area contributed by atoms with E-state index in [0.29, 0.717) is 0 Å². The van der Waals surface area contributed by atoms with Crippen LogP contribution in [0, 0.1) is 11.3 Å². The van der Waals surface area contributed by atoms with E-state index in [4.69, 9.17) is 4.99 Å². The highest BCUT2D eigenvalue weighted by molar-refractivity contribution is 7.16. The van der Waals surface area contributed by atoms with E-state index >= 15 is 0 Å². The lowest BCUT2D eigenvalue weighted by Crippen LogP contribution is -1.99. The molecule has 0 radical (unpaired) electrons. The summed E-state index contributed by atoms with van der Waals surface area (Å²) >= 11 is 1.69. The van der Waals surface area contributed by atoms with Crippen LogP contribution in [0.2, 0.25) is 0 Å². The molecule has 4 aromatic rings. The third-order valence-electron chi connectivity index (χ3n) is 5.77. The number of nitrogens with zero attached hydrogens (tertiary/aromatic N) is 3. The molecule has 0 N–H and O–H groups in total. The summed E-state index contributed by atoms with van der Waals surface area (Å²) in [6.07, 6.45) is 6.43. The molecule has 2 aromatic heterocycles. The molecule has 142 valence electrons. The summed E-state index contributed by atoms with van der Waals surface area (Å²) in [6.45, 7) is 0. The first-order valence-electron chi connectivity index (χ1n) is 9.99. The van der Waals surface area contributed by atoms with Crippen LogP contribution in [0.25, 0.3) is 22.2 Å². The van der Waals surface area contributed by atoms with Gasteiger partial charge in [-0.15, -0.1) is 11.3 Å². The fourth-order valence-electron chi connectivity index (χ4n) is 4.38. The van der Waals surface area contributed by atoms with Gasteiger partial charge in [0.05, 0.1) is 11.3 Å². The van der Waals surface area contributed by atoms with Crippen molar-refractivity contribution in [3.05, 3.63) is 76.2 Å². The Labute approximate surface area is 174 Å². The lowest BCUT2D eigenvalue weighted by atomic mass is 9.96. The molecule has 4 heteroatoms. The van der Waals surface area contributed by atoms with Crippen molar-refractivity contribution in [1.82, 2.24) is 4.57 Å². The molecule has 0 amide bonds. The zero-order valence-corrected chi connectivity index (χ0v) is 17.2. The predicted molar refractivity (Wildman–Crippen MR) is 121 cm³/mol. The average molecular weight is 396 g/mol. The Balaban J connectivity index is 1.69. The van der Waals surface area contributed by atoms with Crippen LogP contribution in [0.4, 0.5) is 5.00 Å². The predicted octanol–water partition coefficient (Wildman–Crippen LogP) is 6.41. The Morgan fingerprint density at radius 2 is 1.79 bits per heavy atom. The second-order valence-corrected chi connectivity index (χ2v) is 8.55. The molecule has 1 aliphatic carbocycles. The Bertz CT molecular complexity index is 1270. The van der Waals surface area contributed by atoms with E-state index in [0.717, 1.165) is 34.7 Å². The van der Waals surface area contributed by atoms with Gasteiger partial charge in [-0.2, -0.15) is 5.26 Å². The van der Waals surface area contributed by atoms with Gasteiger partial charge in [-0.3, -0.25) is 0 Å². The fraction of sp³-hybridized carbons (Fsp3) is 0.200. The molecule has 0 bridgehead atoms. The molecule has 1 aliphatic rings. The summed E-state index contributed by atoms with van der Waals surface area (Å²) in [5.74, 6) is 0. The van der Waals surface area contributed by atoms with Gasteiger partial charge in [0.15, 0.2) is 0 Å². The minimum atomic E-state index is 0.780. The Hall–Kier alpha value is -3.16. The van der Waals surface area contributed by atoms with Crippen LogP contribution in [0.3, 0.4) is 0 Å². The van der Waals surface area contributed by atoms with Gasteiger partial charge < -0.3 is 4.57 Å². The monoisotopic (exact) mass is 395 g/mol. The third-order valence-corrected chi connectivity index (χ3v) is 6.97. The zero-order valence-electron chi connectivity index (χ0n) is 16.4. The number of aromatic nitrogens is 1. The van der Waals surface area contributed by atoms with E-state index in [2.05, 4.69) is 66.2 Å². The van der Waals surface area contributed by atoms with Crippen molar-refractivity contribution in [1.29, 1.82) is 5.26 Å². The molecule has 0 fully saturated rings. The van der Waals surface area contributed by atoms with E-state index < -0.39 is 0 Å². The van der Waals surface area contributed by atoms with Crippen LogP contribution in [-0.2, 0) is 19.9 Å². The number of benzene rings is 2. The molecular formula is C25H21N3S. The molecular weight excluding hydrogens is 374 g/mol. The highest BCUT2D eigenvalue weighted by atomic mass is 32.1. The van der Waals surface area contributed by atoms with Gasteiger partial charge in [-0.25, -0.2) is 4.99 Å². The molecule has 0 unspecified atom stereocenters. The standard InChI is InChI=1S/C25H21N3S/c1-28-22-13-7-5-11-18(22)21(24(28)17-9-3-2-4-10-17)16-27-25-20(15-26)19-12-6-8-14-23(19)29-25/h2-5,7,9-11,13,16H,6,8,12,14H2,1H3/b27-16+. The van der Waals surface area contributed by atoms with Crippen LogP contribution in [0.5, 0.6) is 0 Å². The van der Waals surface area contributed by atoms with Crippen molar-refractivity contribution in [2.75, 3.05) is 0 Å². The van der Waals surface area contributed by atoms with Gasteiger partial charge in [-0.1, -0.05) is 48.5 Å². The topological polar surface area (TPSA) is 41.1 Å². The van der Waals surface area contributed by atoms with Gasteiger partial charge in [0.1, 0.15) is 11.1 Å². The molecule has 2 aromatic carbocycles. The maximum Gasteiger partial charge on any atom is 0.134 e. The molecule has 0 spiro atoms. The van der Waals surface area contributed by atoms with Crippen molar-refractivity contribution < 1.29 is 0 Å². The highest BCUT2D eigenvalue weighted by Gasteiger charge is 2.21. The molecule has 2 heterocycles. The maximum absolute atomic E-state index is 9.75. The number of aliphatic imine (C=N–C) groups is 1. The second kappa shape index (κ2) is 7.35. The molecule has 0 saturated heterocycles. The number of hydrogen-bond acceptors (Lipinski definition) is 3. The number of nitriles is 1. The average Bonchev–Trinajstić information content (AvgIpc) is 3.27. The van der Waals surface area contributed by atoms with E-state index in [9.17, 15) is 5.26 Å². The van der Waals surface area contributed by atoms with Gasteiger partial charge >= 0.3 is 0 Å². The number of aryl methyl sites for hydroxylation is 2. The Kier molecular flexibility index (Phi) is 4.54. The van der Waals surface area contributed by atoms with Crippen molar-refractivity contribution in [2.24, 2.45) is 12.0 Å². The number of fused-ring (bicyclic) bond motifs is 2. The molecule has 0 saturated carbocycles. The summed E-state index contributed by atoms with van der Waals surface area (Å²) in [5.41, 5.74) is 6.61. The fourth-order valence-corrected chi connectivity index (χ4v) is 5.56. The first-order chi connectivity index (χ1) is 14.3. The van der Waals surface area contributed by atoms with E-state index in [1.165, 1.54) is 39.7 Å². The summed E-state index contributed by atoms with van der Waals surface area (Å²) < 4.78 is 2.23. The number of para-hydroxylation sites is 1. The number of hydrogen-bond donors (Lipinski definition) is 0. The van der Waals surface area contributed by atoms with Gasteiger partial charge in [0.25, 0.3) is 0 Å². The van der Waals surface area contributed by atoms with Crippen LogP contribution in [0.15, 0.2) is 59.6 Å². The molecule has 3 nitrogen and oxygen atoms in total. The van der Waals surface area contributed by atoms with Gasteiger partial charge in [0.2, 0.25) is 0 Å². The highest BCUT2D eigenvalue weighted by Crippen LogP contribution is 2.40. The van der Waals surface area contributed by atoms with Crippen LogP contribution in [0.1, 0.15) is 34.4 Å². The van der Waals surface area contributed by atoms with E-state index in [1.807, 2.05) is 12.3 Å². The first-order valence-corrected chi connectivity index (χ1v) is 10.8. The lowest BCUT2D eigenvalue weighted by Gasteiger charge is -2.09. The molecule has 0 aliphatic heterocycles. The quantitative estimate of drug-likeness (QED) is 0.370.